The van der Waals surface area contributed by atoms with Crippen molar-refractivity contribution in [2.75, 3.05) is 31.6 Å². The molecule has 106 valence electrons. The zero-order chi connectivity index (χ0) is 13.3. The third-order valence-electron chi connectivity index (χ3n) is 4.21. The molecule has 2 rings (SSSR count). The molecule has 1 N–H and O–H groups in total. The fourth-order valence-corrected chi connectivity index (χ4v) is 3.35. The van der Waals surface area contributed by atoms with Crippen LogP contribution in [0.15, 0.2) is 0 Å². The van der Waals surface area contributed by atoms with Gasteiger partial charge in [0, 0.05) is 38.0 Å². The molecule has 1 heterocycles. The molecule has 2 aliphatic rings. The summed E-state index contributed by atoms with van der Waals surface area (Å²) >= 11 is 0. The van der Waals surface area contributed by atoms with Crippen LogP contribution in [0.3, 0.4) is 0 Å². The number of rotatable bonds is 5. The van der Waals surface area contributed by atoms with Gasteiger partial charge in [-0.05, 0) is 24.7 Å². The molecule has 1 aliphatic carbocycles. The van der Waals surface area contributed by atoms with E-state index in [0.717, 1.165) is 19.0 Å². The Morgan fingerprint density at radius 2 is 2.00 bits per heavy atom. The smallest absolute Gasteiger partial charge is 0.148 e. The minimum Gasteiger partial charge on any atom is -0.311 e. The van der Waals surface area contributed by atoms with Crippen LogP contribution in [0.2, 0.25) is 0 Å². The monoisotopic (exact) mass is 274 g/mol. The van der Waals surface area contributed by atoms with Crippen LogP contribution < -0.4 is 5.32 Å². The lowest BCUT2D eigenvalue weighted by atomic mass is 9.97. The van der Waals surface area contributed by atoms with Crippen LogP contribution >= 0.6 is 0 Å². The molecule has 5 heteroatoms. The number of sulfone groups is 1. The Balaban J connectivity index is 1.95. The van der Waals surface area contributed by atoms with Gasteiger partial charge in [-0.25, -0.2) is 8.42 Å². The highest BCUT2D eigenvalue weighted by Gasteiger charge is 2.39. The van der Waals surface area contributed by atoms with Crippen molar-refractivity contribution < 1.29 is 8.42 Å². The Bertz CT molecular complexity index is 376. The number of hydrogen-bond donors (Lipinski definition) is 1. The zero-order valence-electron chi connectivity index (χ0n) is 11.7. The maximum atomic E-state index is 11.3. The lowest BCUT2D eigenvalue weighted by Gasteiger charge is -2.42. The summed E-state index contributed by atoms with van der Waals surface area (Å²) in [5, 5.41) is 3.63. The average Bonchev–Trinajstić information content (AvgIpc) is 3.08. The van der Waals surface area contributed by atoms with Crippen LogP contribution in [0.4, 0.5) is 0 Å². The molecule has 2 fully saturated rings. The maximum absolute atomic E-state index is 11.3. The van der Waals surface area contributed by atoms with Gasteiger partial charge in [0.25, 0.3) is 0 Å². The summed E-state index contributed by atoms with van der Waals surface area (Å²) in [6, 6.07) is 1.06. The van der Waals surface area contributed by atoms with Crippen LogP contribution in [-0.4, -0.2) is 57.0 Å². The second kappa shape index (κ2) is 5.47. The third-order valence-corrected chi connectivity index (χ3v) is 5.13. The Hall–Kier alpha value is -0.130. The van der Waals surface area contributed by atoms with E-state index in [1.807, 2.05) is 0 Å². The fourth-order valence-electron chi connectivity index (χ4n) is 2.79. The second-order valence-corrected chi connectivity index (χ2v) is 8.55. The van der Waals surface area contributed by atoms with Crippen LogP contribution in [0.1, 0.15) is 26.7 Å². The molecular weight excluding hydrogens is 248 g/mol. The van der Waals surface area contributed by atoms with Gasteiger partial charge in [-0.1, -0.05) is 13.8 Å². The van der Waals surface area contributed by atoms with E-state index in [1.165, 1.54) is 19.1 Å². The Labute approximate surface area is 111 Å². The third kappa shape index (κ3) is 3.93. The molecule has 0 spiro atoms. The minimum absolute atomic E-state index is 0.293. The van der Waals surface area contributed by atoms with Gasteiger partial charge in [-0.3, -0.25) is 4.90 Å². The first kappa shape index (κ1) is 14.3. The van der Waals surface area contributed by atoms with Crippen LogP contribution in [0, 0.1) is 11.8 Å². The Morgan fingerprint density at radius 3 is 2.50 bits per heavy atom. The van der Waals surface area contributed by atoms with E-state index in [2.05, 4.69) is 24.1 Å². The van der Waals surface area contributed by atoms with E-state index in [1.54, 1.807) is 0 Å². The number of nitrogens with zero attached hydrogens (tertiary/aromatic N) is 1. The summed E-state index contributed by atoms with van der Waals surface area (Å²) < 4.78 is 22.7. The van der Waals surface area contributed by atoms with E-state index in [9.17, 15) is 8.42 Å². The van der Waals surface area contributed by atoms with Crippen LogP contribution in [0.25, 0.3) is 0 Å². The highest BCUT2D eigenvalue weighted by Crippen LogP contribution is 2.36. The number of nitrogens with one attached hydrogen (secondary N) is 1. The van der Waals surface area contributed by atoms with Crippen molar-refractivity contribution in [3.8, 4) is 0 Å². The fraction of sp³-hybridized carbons (Fsp3) is 1.00. The minimum atomic E-state index is -2.85. The SMILES string of the molecule is CC(C)C1CN(CCS(C)(=O)=O)C(C2CC2)CN1. The normalized spacial score (nSPS) is 30.9. The molecule has 18 heavy (non-hydrogen) atoms. The average molecular weight is 274 g/mol. The van der Waals surface area contributed by atoms with Crippen LogP contribution in [-0.2, 0) is 9.84 Å². The van der Waals surface area contributed by atoms with E-state index in [-0.39, 0.29) is 0 Å². The first-order valence-corrected chi connectivity index (χ1v) is 9.08. The van der Waals surface area contributed by atoms with Crippen LogP contribution in [0.5, 0.6) is 0 Å². The lowest BCUT2D eigenvalue weighted by Crippen LogP contribution is -2.59. The van der Waals surface area contributed by atoms with Crippen molar-refractivity contribution >= 4 is 9.84 Å². The highest BCUT2D eigenvalue weighted by molar-refractivity contribution is 7.90. The molecule has 0 amide bonds. The molecule has 0 bridgehead atoms. The molecule has 2 unspecified atom stereocenters. The quantitative estimate of drug-likeness (QED) is 0.803. The van der Waals surface area contributed by atoms with Crippen molar-refractivity contribution in [1.82, 2.24) is 10.2 Å². The van der Waals surface area contributed by atoms with E-state index in [0.29, 0.717) is 30.3 Å². The summed E-state index contributed by atoms with van der Waals surface area (Å²) in [5.41, 5.74) is 0. The first-order chi connectivity index (χ1) is 8.37. The van der Waals surface area contributed by atoms with Gasteiger partial charge in [0.15, 0.2) is 0 Å². The molecular formula is C13H26N2O2S. The van der Waals surface area contributed by atoms with Gasteiger partial charge in [0.1, 0.15) is 9.84 Å². The molecule has 1 saturated carbocycles. The van der Waals surface area contributed by atoms with Gasteiger partial charge >= 0.3 is 0 Å². The van der Waals surface area contributed by atoms with Crippen molar-refractivity contribution in [1.29, 1.82) is 0 Å². The molecule has 0 aromatic rings. The largest absolute Gasteiger partial charge is 0.311 e. The molecule has 0 radical (unpaired) electrons. The zero-order valence-corrected chi connectivity index (χ0v) is 12.5. The summed E-state index contributed by atoms with van der Waals surface area (Å²) in [7, 11) is -2.85. The van der Waals surface area contributed by atoms with Crippen molar-refractivity contribution in [3.63, 3.8) is 0 Å². The van der Waals surface area contributed by atoms with Crippen molar-refractivity contribution in [2.24, 2.45) is 11.8 Å². The van der Waals surface area contributed by atoms with Gasteiger partial charge < -0.3 is 5.32 Å². The molecule has 0 aromatic heterocycles. The van der Waals surface area contributed by atoms with E-state index in [4.69, 9.17) is 0 Å². The summed E-state index contributed by atoms with van der Waals surface area (Å²) in [6.07, 6.45) is 3.96. The standard InChI is InChI=1S/C13H26N2O2S/c1-10(2)12-9-15(6-7-18(3,16)17)13(8-14-12)11-4-5-11/h10-14H,4-9H2,1-3H3. The molecule has 2 atom stereocenters. The van der Waals surface area contributed by atoms with Gasteiger partial charge in [0.2, 0.25) is 0 Å². The van der Waals surface area contributed by atoms with Crippen molar-refractivity contribution in [3.05, 3.63) is 0 Å². The topological polar surface area (TPSA) is 49.4 Å². The van der Waals surface area contributed by atoms with Gasteiger partial charge in [0.05, 0.1) is 5.75 Å². The Kier molecular flexibility index (Phi) is 4.34. The lowest BCUT2D eigenvalue weighted by molar-refractivity contribution is 0.106. The molecule has 1 saturated heterocycles. The number of piperazine rings is 1. The van der Waals surface area contributed by atoms with Crippen molar-refractivity contribution in [2.45, 2.75) is 38.8 Å². The first-order valence-electron chi connectivity index (χ1n) is 7.02. The highest BCUT2D eigenvalue weighted by atomic mass is 32.2. The summed E-state index contributed by atoms with van der Waals surface area (Å²) in [4.78, 5) is 2.42. The Morgan fingerprint density at radius 1 is 1.33 bits per heavy atom. The molecule has 0 aromatic carbocycles. The second-order valence-electron chi connectivity index (χ2n) is 6.29. The summed E-state index contributed by atoms with van der Waals surface area (Å²) in [6.45, 7) is 7.17. The summed E-state index contributed by atoms with van der Waals surface area (Å²) in [5.74, 6) is 1.69. The molecule has 4 nitrogen and oxygen atoms in total. The predicted octanol–water partition coefficient (Wildman–Crippen LogP) is 0.739. The van der Waals surface area contributed by atoms with Gasteiger partial charge in [-0.15, -0.1) is 0 Å². The van der Waals surface area contributed by atoms with Gasteiger partial charge in [-0.2, -0.15) is 0 Å². The van der Waals surface area contributed by atoms with E-state index >= 15 is 0 Å². The maximum Gasteiger partial charge on any atom is 0.148 e. The predicted molar refractivity (Wildman–Crippen MR) is 74.4 cm³/mol. The number of hydrogen-bond acceptors (Lipinski definition) is 4. The molecule has 1 aliphatic heterocycles. The van der Waals surface area contributed by atoms with E-state index < -0.39 is 9.84 Å².